The fourth-order valence-corrected chi connectivity index (χ4v) is 3.60. The Morgan fingerprint density at radius 2 is 1.96 bits per heavy atom. The SMILES string of the molecule is CCNC(=NCc1nnc2n1CCCC2)NCC(O)c1cc(Cl)cc(Cl)c1.I. The molecule has 1 aliphatic rings. The molecule has 28 heavy (non-hydrogen) atoms. The zero-order valence-electron chi connectivity index (χ0n) is 15.7. The second-order valence-corrected chi connectivity index (χ2v) is 7.31. The van der Waals surface area contributed by atoms with E-state index in [1.54, 1.807) is 18.2 Å². The second kappa shape index (κ2) is 11.2. The van der Waals surface area contributed by atoms with Crippen molar-refractivity contribution in [2.24, 2.45) is 4.99 Å². The molecule has 0 saturated carbocycles. The van der Waals surface area contributed by atoms with Crippen LogP contribution in [0.3, 0.4) is 0 Å². The Balaban J connectivity index is 0.00000280. The highest BCUT2D eigenvalue weighted by atomic mass is 127. The first-order valence-corrected chi connectivity index (χ1v) is 9.89. The third kappa shape index (κ3) is 6.20. The van der Waals surface area contributed by atoms with Crippen molar-refractivity contribution >= 4 is 53.1 Å². The highest BCUT2D eigenvalue weighted by molar-refractivity contribution is 14.0. The molecule has 10 heteroatoms. The average molecular weight is 539 g/mol. The number of rotatable bonds is 6. The predicted octanol–water partition coefficient (Wildman–Crippen LogP) is 3.33. The van der Waals surface area contributed by atoms with Crippen molar-refractivity contribution in [3.63, 3.8) is 0 Å². The average Bonchev–Trinajstić information content (AvgIpc) is 3.06. The van der Waals surface area contributed by atoms with Crippen molar-refractivity contribution in [1.82, 2.24) is 25.4 Å². The van der Waals surface area contributed by atoms with Gasteiger partial charge in [0.25, 0.3) is 0 Å². The molecular weight excluding hydrogens is 514 g/mol. The van der Waals surface area contributed by atoms with Crippen LogP contribution in [0, 0.1) is 0 Å². The van der Waals surface area contributed by atoms with Gasteiger partial charge in [0, 0.05) is 36.1 Å². The van der Waals surface area contributed by atoms with Crippen LogP contribution in [0.5, 0.6) is 0 Å². The molecule has 3 rings (SSSR count). The van der Waals surface area contributed by atoms with Gasteiger partial charge in [-0.3, -0.25) is 0 Å². The number of aliphatic imine (C=N–C) groups is 1. The lowest BCUT2D eigenvalue weighted by Crippen LogP contribution is -2.39. The van der Waals surface area contributed by atoms with Gasteiger partial charge >= 0.3 is 0 Å². The monoisotopic (exact) mass is 538 g/mol. The minimum Gasteiger partial charge on any atom is -0.387 e. The Morgan fingerprint density at radius 1 is 1.21 bits per heavy atom. The van der Waals surface area contributed by atoms with Crippen LogP contribution in [0.1, 0.15) is 43.1 Å². The number of guanidine groups is 1. The number of aliphatic hydroxyl groups is 1. The molecular formula is C18H25Cl2IN6O. The van der Waals surface area contributed by atoms with Gasteiger partial charge in [0.15, 0.2) is 11.8 Å². The number of hydrogen-bond donors (Lipinski definition) is 3. The number of hydrogen-bond acceptors (Lipinski definition) is 4. The van der Waals surface area contributed by atoms with Crippen LogP contribution in [0.4, 0.5) is 0 Å². The van der Waals surface area contributed by atoms with Gasteiger partial charge in [-0.2, -0.15) is 0 Å². The smallest absolute Gasteiger partial charge is 0.191 e. The number of fused-ring (bicyclic) bond motifs is 1. The quantitative estimate of drug-likeness (QED) is 0.298. The van der Waals surface area contributed by atoms with Crippen LogP contribution in [-0.2, 0) is 19.5 Å². The summed E-state index contributed by atoms with van der Waals surface area (Å²) in [6.45, 7) is 4.36. The van der Waals surface area contributed by atoms with E-state index >= 15 is 0 Å². The van der Waals surface area contributed by atoms with Crippen molar-refractivity contribution in [3.05, 3.63) is 45.5 Å². The fraction of sp³-hybridized carbons (Fsp3) is 0.500. The van der Waals surface area contributed by atoms with E-state index < -0.39 is 6.10 Å². The second-order valence-electron chi connectivity index (χ2n) is 6.44. The lowest BCUT2D eigenvalue weighted by Gasteiger charge is -2.16. The highest BCUT2D eigenvalue weighted by Gasteiger charge is 2.15. The molecule has 0 amide bonds. The zero-order valence-corrected chi connectivity index (χ0v) is 19.5. The van der Waals surface area contributed by atoms with Crippen LogP contribution in [0.15, 0.2) is 23.2 Å². The lowest BCUT2D eigenvalue weighted by atomic mass is 10.1. The Bertz CT molecular complexity index is 793. The molecule has 2 heterocycles. The maximum Gasteiger partial charge on any atom is 0.191 e. The number of halogens is 3. The highest BCUT2D eigenvalue weighted by Crippen LogP contribution is 2.23. The van der Waals surface area contributed by atoms with Crippen LogP contribution < -0.4 is 10.6 Å². The molecule has 1 atom stereocenters. The maximum absolute atomic E-state index is 10.4. The minimum atomic E-state index is -0.758. The van der Waals surface area contributed by atoms with Crippen molar-refractivity contribution < 1.29 is 5.11 Å². The van der Waals surface area contributed by atoms with Gasteiger partial charge in [0.1, 0.15) is 12.4 Å². The van der Waals surface area contributed by atoms with Gasteiger partial charge in [0.05, 0.1) is 6.10 Å². The standard InChI is InChI=1S/C18H24Cl2N6O.HI/c1-2-21-18(22-10-15(27)12-7-13(19)9-14(20)8-12)23-11-17-25-24-16-5-3-4-6-26(16)17;/h7-9,15,27H,2-6,10-11H2,1H3,(H2,21,22,23);1H. The number of aromatic nitrogens is 3. The van der Waals surface area contributed by atoms with E-state index in [0.717, 1.165) is 37.5 Å². The lowest BCUT2D eigenvalue weighted by molar-refractivity contribution is 0.181. The summed E-state index contributed by atoms with van der Waals surface area (Å²) in [5.41, 5.74) is 0.655. The van der Waals surface area contributed by atoms with Gasteiger partial charge < -0.3 is 20.3 Å². The summed E-state index contributed by atoms with van der Waals surface area (Å²) in [7, 11) is 0. The molecule has 7 nitrogen and oxygen atoms in total. The van der Waals surface area contributed by atoms with Gasteiger partial charge in [-0.15, -0.1) is 34.2 Å². The summed E-state index contributed by atoms with van der Waals surface area (Å²) < 4.78 is 2.15. The first-order chi connectivity index (χ1) is 13.1. The van der Waals surface area contributed by atoms with E-state index in [2.05, 4.69) is 30.4 Å². The number of aliphatic hydroxyl groups excluding tert-OH is 1. The van der Waals surface area contributed by atoms with Crippen molar-refractivity contribution in [3.8, 4) is 0 Å². The van der Waals surface area contributed by atoms with Crippen LogP contribution >= 0.6 is 47.2 Å². The Kier molecular flexibility index (Phi) is 9.26. The number of nitrogens with one attached hydrogen (secondary N) is 2. The molecule has 2 aromatic rings. The summed E-state index contributed by atoms with van der Waals surface area (Å²) in [5, 5.41) is 26.2. The summed E-state index contributed by atoms with van der Waals surface area (Å²) in [4.78, 5) is 4.57. The van der Waals surface area contributed by atoms with Crippen LogP contribution in [0.2, 0.25) is 10.0 Å². The van der Waals surface area contributed by atoms with Crippen LogP contribution in [-0.4, -0.2) is 38.9 Å². The summed E-state index contributed by atoms with van der Waals surface area (Å²) in [6.07, 6.45) is 2.53. The first kappa shape index (κ1) is 23.2. The summed E-state index contributed by atoms with van der Waals surface area (Å²) >= 11 is 12.0. The molecule has 0 bridgehead atoms. The molecule has 154 valence electrons. The largest absolute Gasteiger partial charge is 0.387 e. The predicted molar refractivity (Wildman–Crippen MR) is 123 cm³/mol. The summed E-state index contributed by atoms with van der Waals surface area (Å²) in [5.74, 6) is 2.51. The molecule has 1 aromatic carbocycles. The fourth-order valence-electron chi connectivity index (χ4n) is 3.06. The van der Waals surface area contributed by atoms with Crippen molar-refractivity contribution in [2.75, 3.05) is 13.1 Å². The van der Waals surface area contributed by atoms with E-state index in [9.17, 15) is 5.11 Å². The topological polar surface area (TPSA) is 87.4 Å². The third-order valence-corrected chi connectivity index (χ3v) is 4.83. The number of benzene rings is 1. The Hall–Kier alpha value is -1.10. The first-order valence-electron chi connectivity index (χ1n) is 9.14. The molecule has 0 saturated heterocycles. The minimum absolute atomic E-state index is 0. The van der Waals surface area contributed by atoms with E-state index in [0.29, 0.717) is 34.7 Å². The molecule has 1 aromatic heterocycles. The zero-order chi connectivity index (χ0) is 19.2. The molecule has 0 radical (unpaired) electrons. The normalized spacial score (nSPS) is 14.8. The molecule has 3 N–H and O–H groups in total. The van der Waals surface area contributed by atoms with Gasteiger partial charge in [-0.25, -0.2) is 4.99 Å². The summed E-state index contributed by atoms with van der Waals surface area (Å²) in [6, 6.07) is 5.04. The van der Waals surface area contributed by atoms with Gasteiger partial charge in [-0.1, -0.05) is 23.2 Å². The Morgan fingerprint density at radius 3 is 2.68 bits per heavy atom. The van der Waals surface area contributed by atoms with Gasteiger partial charge in [0.2, 0.25) is 0 Å². The third-order valence-electron chi connectivity index (χ3n) is 4.39. The molecule has 0 spiro atoms. The van der Waals surface area contributed by atoms with E-state index in [1.165, 1.54) is 0 Å². The van der Waals surface area contributed by atoms with Crippen molar-refractivity contribution in [1.29, 1.82) is 0 Å². The molecule has 0 aliphatic carbocycles. The van der Waals surface area contributed by atoms with E-state index in [1.807, 2.05) is 6.92 Å². The van der Waals surface area contributed by atoms with Crippen LogP contribution in [0.25, 0.3) is 0 Å². The number of nitrogens with zero attached hydrogens (tertiary/aromatic N) is 4. The molecule has 1 aliphatic heterocycles. The number of aryl methyl sites for hydroxylation is 1. The maximum atomic E-state index is 10.4. The van der Waals surface area contributed by atoms with E-state index in [-0.39, 0.29) is 30.5 Å². The van der Waals surface area contributed by atoms with Gasteiger partial charge in [-0.05, 0) is 43.5 Å². The van der Waals surface area contributed by atoms with Crippen molar-refractivity contribution in [2.45, 2.75) is 45.4 Å². The van der Waals surface area contributed by atoms with E-state index in [4.69, 9.17) is 23.2 Å². The molecule has 0 fully saturated rings. The Labute approximate surface area is 191 Å². The molecule has 1 unspecified atom stereocenters.